The first-order valence-electron chi connectivity index (χ1n) is 4.47. The number of hydrogen-bond acceptors (Lipinski definition) is 2. The molecule has 0 atom stereocenters. The Bertz CT molecular complexity index is 548. The molecule has 1 aromatic heterocycles. The maximum Gasteiger partial charge on any atom is 0.266 e. The Kier molecular flexibility index (Phi) is 2.68. The van der Waals surface area contributed by atoms with E-state index < -0.39 is 0 Å². The van der Waals surface area contributed by atoms with Crippen LogP contribution in [0.3, 0.4) is 0 Å². The van der Waals surface area contributed by atoms with Crippen molar-refractivity contribution in [3.05, 3.63) is 51.2 Å². The molecule has 0 aliphatic carbocycles. The topological polar surface area (TPSA) is 34.9 Å². The van der Waals surface area contributed by atoms with Gasteiger partial charge in [0.05, 0.1) is 5.69 Å². The van der Waals surface area contributed by atoms with E-state index in [2.05, 4.69) is 21.0 Å². The average Bonchev–Trinajstić information content (AvgIpc) is 2.22. The van der Waals surface area contributed by atoms with Crippen LogP contribution in [0.5, 0.6) is 0 Å². The van der Waals surface area contributed by atoms with E-state index in [1.54, 1.807) is 13.1 Å². The summed E-state index contributed by atoms with van der Waals surface area (Å²) in [6, 6.07) is 11.1. The van der Waals surface area contributed by atoms with Crippen LogP contribution in [0, 0.1) is 0 Å². The Labute approximate surface area is 95.5 Å². The zero-order valence-electron chi connectivity index (χ0n) is 8.14. The fourth-order valence-electron chi connectivity index (χ4n) is 1.30. The Morgan fingerprint density at radius 1 is 1.27 bits per heavy atom. The summed E-state index contributed by atoms with van der Waals surface area (Å²) in [4.78, 5) is 11.2. The van der Waals surface area contributed by atoms with E-state index in [1.807, 2.05) is 24.3 Å². The highest BCUT2D eigenvalue weighted by atomic mass is 79.9. The Hall–Kier alpha value is -1.42. The van der Waals surface area contributed by atoms with Gasteiger partial charge in [-0.1, -0.05) is 28.1 Å². The van der Waals surface area contributed by atoms with Gasteiger partial charge in [-0.05, 0) is 18.2 Å². The second-order valence-electron chi connectivity index (χ2n) is 3.19. The van der Waals surface area contributed by atoms with Crippen molar-refractivity contribution in [2.45, 2.75) is 0 Å². The molecule has 2 rings (SSSR count). The quantitative estimate of drug-likeness (QED) is 0.792. The first-order valence-corrected chi connectivity index (χ1v) is 5.26. The predicted octanol–water partition coefficient (Wildman–Crippen LogP) is 2.21. The van der Waals surface area contributed by atoms with Gasteiger partial charge < -0.3 is 0 Å². The Morgan fingerprint density at radius 2 is 2.07 bits per heavy atom. The minimum absolute atomic E-state index is 0.103. The van der Waals surface area contributed by atoms with Crippen molar-refractivity contribution in [2.75, 3.05) is 0 Å². The molecule has 0 saturated heterocycles. The molecule has 0 amide bonds. The number of benzene rings is 1. The normalized spacial score (nSPS) is 10.3. The highest BCUT2D eigenvalue weighted by molar-refractivity contribution is 9.10. The highest BCUT2D eigenvalue weighted by Crippen LogP contribution is 2.19. The van der Waals surface area contributed by atoms with E-state index in [-0.39, 0.29) is 5.56 Å². The molecule has 1 heterocycles. The van der Waals surface area contributed by atoms with Crippen LogP contribution in [-0.2, 0) is 7.05 Å². The lowest BCUT2D eigenvalue weighted by atomic mass is 10.1. The van der Waals surface area contributed by atoms with Crippen LogP contribution in [-0.4, -0.2) is 9.78 Å². The fraction of sp³-hybridized carbons (Fsp3) is 0.0909. The monoisotopic (exact) mass is 264 g/mol. The summed E-state index contributed by atoms with van der Waals surface area (Å²) in [5.41, 5.74) is 1.67. The third-order valence-electron chi connectivity index (χ3n) is 2.08. The number of nitrogens with zero attached hydrogens (tertiary/aromatic N) is 2. The van der Waals surface area contributed by atoms with E-state index in [0.29, 0.717) is 0 Å². The van der Waals surface area contributed by atoms with Crippen molar-refractivity contribution in [1.82, 2.24) is 9.78 Å². The number of halogens is 1. The van der Waals surface area contributed by atoms with Crippen LogP contribution in [0.4, 0.5) is 0 Å². The van der Waals surface area contributed by atoms with Crippen LogP contribution in [0.1, 0.15) is 0 Å². The van der Waals surface area contributed by atoms with Crippen LogP contribution < -0.4 is 5.56 Å². The number of aryl methyl sites for hydroxylation is 1. The van der Waals surface area contributed by atoms with Crippen LogP contribution in [0.15, 0.2) is 45.7 Å². The molecule has 15 heavy (non-hydrogen) atoms. The van der Waals surface area contributed by atoms with Crippen molar-refractivity contribution in [3.8, 4) is 11.3 Å². The second-order valence-corrected chi connectivity index (χ2v) is 4.11. The molecule has 3 nitrogen and oxygen atoms in total. The summed E-state index contributed by atoms with van der Waals surface area (Å²) in [6.07, 6.45) is 0. The first-order chi connectivity index (χ1) is 7.16. The molecule has 0 radical (unpaired) electrons. The molecule has 0 fully saturated rings. The van der Waals surface area contributed by atoms with E-state index in [1.165, 1.54) is 10.7 Å². The smallest absolute Gasteiger partial charge is 0.266 e. The van der Waals surface area contributed by atoms with E-state index in [0.717, 1.165) is 15.7 Å². The fourth-order valence-corrected chi connectivity index (χ4v) is 1.70. The summed E-state index contributed by atoms with van der Waals surface area (Å²) in [7, 11) is 1.64. The lowest BCUT2D eigenvalue weighted by Gasteiger charge is -2.02. The van der Waals surface area contributed by atoms with E-state index >= 15 is 0 Å². The van der Waals surface area contributed by atoms with Crippen molar-refractivity contribution in [1.29, 1.82) is 0 Å². The summed E-state index contributed by atoms with van der Waals surface area (Å²) in [5.74, 6) is 0. The molecular weight excluding hydrogens is 256 g/mol. The molecular formula is C11H9BrN2O. The van der Waals surface area contributed by atoms with Crippen LogP contribution >= 0.6 is 15.9 Å². The molecule has 0 spiro atoms. The van der Waals surface area contributed by atoms with Crippen LogP contribution in [0.2, 0.25) is 0 Å². The Balaban J connectivity index is 2.55. The van der Waals surface area contributed by atoms with Gasteiger partial charge in [0.2, 0.25) is 0 Å². The summed E-state index contributed by atoms with van der Waals surface area (Å²) >= 11 is 3.40. The molecule has 1 aromatic carbocycles. The van der Waals surface area contributed by atoms with E-state index in [9.17, 15) is 4.79 Å². The maximum atomic E-state index is 11.2. The minimum Gasteiger partial charge on any atom is -0.268 e. The van der Waals surface area contributed by atoms with Gasteiger partial charge >= 0.3 is 0 Å². The molecule has 4 heteroatoms. The van der Waals surface area contributed by atoms with Gasteiger partial charge in [0.1, 0.15) is 0 Å². The maximum absolute atomic E-state index is 11.2. The Morgan fingerprint density at radius 3 is 2.73 bits per heavy atom. The number of hydrogen-bond donors (Lipinski definition) is 0. The SMILES string of the molecule is Cn1nc(-c2cccc(Br)c2)ccc1=O. The summed E-state index contributed by atoms with van der Waals surface area (Å²) < 4.78 is 2.33. The van der Waals surface area contributed by atoms with E-state index in [4.69, 9.17) is 0 Å². The lowest BCUT2D eigenvalue weighted by Crippen LogP contribution is -2.18. The highest BCUT2D eigenvalue weighted by Gasteiger charge is 2.00. The van der Waals surface area contributed by atoms with Gasteiger partial charge in [-0.15, -0.1) is 0 Å². The zero-order chi connectivity index (χ0) is 10.8. The molecule has 76 valence electrons. The molecule has 2 aromatic rings. The standard InChI is InChI=1S/C11H9BrN2O/c1-14-11(15)6-5-10(13-14)8-3-2-4-9(12)7-8/h2-7H,1H3. The number of aromatic nitrogens is 2. The van der Waals surface area contributed by atoms with Crippen LogP contribution in [0.25, 0.3) is 11.3 Å². The van der Waals surface area contributed by atoms with Crippen molar-refractivity contribution in [2.24, 2.45) is 7.05 Å². The molecule has 0 N–H and O–H groups in total. The third kappa shape index (κ3) is 2.15. The number of rotatable bonds is 1. The molecule has 0 saturated carbocycles. The van der Waals surface area contributed by atoms with Gasteiger partial charge in [0.15, 0.2) is 0 Å². The predicted molar refractivity (Wildman–Crippen MR) is 62.6 cm³/mol. The minimum atomic E-state index is -0.103. The molecule has 0 aliphatic rings. The van der Waals surface area contributed by atoms with Crippen molar-refractivity contribution in [3.63, 3.8) is 0 Å². The zero-order valence-corrected chi connectivity index (χ0v) is 9.73. The average molecular weight is 265 g/mol. The summed E-state index contributed by atoms with van der Waals surface area (Å²) in [6.45, 7) is 0. The van der Waals surface area contributed by atoms with Gasteiger partial charge in [-0.25, -0.2) is 4.68 Å². The molecule has 0 unspecified atom stereocenters. The van der Waals surface area contributed by atoms with Gasteiger partial charge in [0.25, 0.3) is 5.56 Å². The third-order valence-corrected chi connectivity index (χ3v) is 2.57. The second kappa shape index (κ2) is 3.98. The molecule has 0 bridgehead atoms. The largest absolute Gasteiger partial charge is 0.268 e. The summed E-state index contributed by atoms with van der Waals surface area (Å²) in [5, 5.41) is 4.17. The van der Waals surface area contributed by atoms with Gasteiger partial charge in [0, 0.05) is 23.2 Å². The van der Waals surface area contributed by atoms with Gasteiger partial charge in [-0.2, -0.15) is 5.10 Å². The van der Waals surface area contributed by atoms with Gasteiger partial charge in [-0.3, -0.25) is 4.79 Å². The molecule has 0 aliphatic heterocycles. The van der Waals surface area contributed by atoms with Crippen molar-refractivity contribution < 1.29 is 0 Å². The lowest BCUT2D eigenvalue weighted by molar-refractivity contribution is 0.712. The van der Waals surface area contributed by atoms with Crippen molar-refractivity contribution >= 4 is 15.9 Å². The first kappa shape index (κ1) is 10.1.